The third-order valence-corrected chi connectivity index (χ3v) is 4.61. The molecule has 2 aromatic carbocycles. The lowest BCUT2D eigenvalue weighted by Gasteiger charge is -2.13. The zero-order valence-corrected chi connectivity index (χ0v) is 15.8. The van der Waals surface area contributed by atoms with E-state index in [4.69, 9.17) is 4.74 Å². The quantitative estimate of drug-likeness (QED) is 0.687. The Bertz CT molecular complexity index is 1020. The van der Waals surface area contributed by atoms with Crippen LogP contribution in [0.15, 0.2) is 53.3 Å². The number of hydrogen-bond donors (Lipinski definition) is 2. The van der Waals surface area contributed by atoms with E-state index < -0.39 is 0 Å². The van der Waals surface area contributed by atoms with Gasteiger partial charge in [-0.25, -0.2) is 0 Å². The van der Waals surface area contributed by atoms with E-state index in [0.29, 0.717) is 17.9 Å². The van der Waals surface area contributed by atoms with E-state index in [2.05, 4.69) is 24.1 Å². The topological polar surface area (TPSA) is 71.2 Å². The smallest absolute Gasteiger partial charge is 0.251 e. The molecule has 5 heteroatoms. The third kappa shape index (κ3) is 4.37. The van der Waals surface area contributed by atoms with E-state index in [0.717, 1.165) is 27.9 Å². The maximum Gasteiger partial charge on any atom is 0.251 e. The summed E-state index contributed by atoms with van der Waals surface area (Å²) in [6.07, 6.45) is 0.614. The Morgan fingerprint density at radius 2 is 1.93 bits per heavy atom. The number of aromatic amines is 1. The highest BCUT2D eigenvalue weighted by Gasteiger charge is 2.11. The maximum absolute atomic E-state index is 12.4. The van der Waals surface area contributed by atoms with Crippen molar-refractivity contribution in [2.24, 2.45) is 0 Å². The molecule has 0 atom stereocenters. The number of amides is 1. The molecule has 27 heavy (non-hydrogen) atoms. The van der Waals surface area contributed by atoms with Crippen molar-refractivity contribution in [3.8, 4) is 5.75 Å². The molecule has 0 aliphatic rings. The van der Waals surface area contributed by atoms with Crippen molar-refractivity contribution < 1.29 is 9.53 Å². The summed E-state index contributed by atoms with van der Waals surface area (Å²) in [7, 11) is 1.60. The lowest BCUT2D eigenvalue weighted by molar-refractivity contribution is -0.116. The first-order valence-electron chi connectivity index (χ1n) is 9.06. The second kappa shape index (κ2) is 8.08. The number of carbonyl (C=O) groups is 1. The van der Waals surface area contributed by atoms with Crippen molar-refractivity contribution in [2.75, 3.05) is 12.4 Å². The average Bonchev–Trinajstić information content (AvgIpc) is 2.66. The van der Waals surface area contributed by atoms with Crippen LogP contribution in [0.1, 0.15) is 37.3 Å². The molecule has 140 valence electrons. The molecule has 3 aromatic rings. The Kier molecular flexibility index (Phi) is 5.60. The summed E-state index contributed by atoms with van der Waals surface area (Å²) in [6.45, 7) is 4.18. The van der Waals surface area contributed by atoms with Crippen molar-refractivity contribution >= 4 is 22.5 Å². The zero-order valence-electron chi connectivity index (χ0n) is 15.8. The van der Waals surface area contributed by atoms with E-state index in [1.807, 2.05) is 42.5 Å². The minimum atomic E-state index is -0.164. The lowest BCUT2D eigenvalue weighted by Crippen LogP contribution is -2.18. The fraction of sp³-hybridized carbons (Fsp3) is 0.273. The maximum atomic E-state index is 12.4. The van der Waals surface area contributed by atoms with Crippen LogP contribution in [0.25, 0.3) is 10.9 Å². The van der Waals surface area contributed by atoms with Gasteiger partial charge in [-0.1, -0.05) is 32.0 Å². The van der Waals surface area contributed by atoms with Crippen LogP contribution in [-0.4, -0.2) is 18.0 Å². The van der Waals surface area contributed by atoms with Crippen LogP contribution in [0, 0.1) is 0 Å². The number of nitrogens with one attached hydrogen (secondary N) is 2. The summed E-state index contributed by atoms with van der Waals surface area (Å²) in [5, 5.41) is 3.85. The molecule has 3 rings (SSSR count). The molecule has 0 bridgehead atoms. The molecule has 1 amide bonds. The van der Waals surface area contributed by atoms with Crippen LogP contribution < -0.4 is 15.6 Å². The van der Waals surface area contributed by atoms with Crippen molar-refractivity contribution in [1.82, 2.24) is 4.98 Å². The predicted molar refractivity (Wildman–Crippen MR) is 109 cm³/mol. The summed E-state index contributed by atoms with van der Waals surface area (Å²) >= 11 is 0. The van der Waals surface area contributed by atoms with Crippen LogP contribution in [0.5, 0.6) is 5.75 Å². The highest BCUT2D eigenvalue weighted by molar-refractivity contribution is 5.91. The van der Waals surface area contributed by atoms with Gasteiger partial charge < -0.3 is 15.0 Å². The van der Waals surface area contributed by atoms with Gasteiger partial charge in [-0.3, -0.25) is 9.59 Å². The molecule has 5 nitrogen and oxygen atoms in total. The molecule has 0 radical (unpaired) electrons. The summed E-state index contributed by atoms with van der Waals surface area (Å²) < 4.78 is 5.23. The number of hydrogen-bond acceptors (Lipinski definition) is 3. The SMILES string of the molecule is COc1ccc2[nH]c(=O)c(CCC(=O)Nc3ccccc3C(C)C)cc2c1. The largest absolute Gasteiger partial charge is 0.497 e. The molecule has 0 spiro atoms. The van der Waals surface area contributed by atoms with E-state index in [1.54, 1.807) is 13.2 Å². The first-order valence-corrected chi connectivity index (χ1v) is 9.06. The first-order chi connectivity index (χ1) is 13.0. The molecule has 0 saturated carbocycles. The molecule has 0 unspecified atom stereocenters. The van der Waals surface area contributed by atoms with Crippen LogP contribution in [0.2, 0.25) is 0 Å². The van der Waals surface area contributed by atoms with Crippen molar-refractivity contribution in [2.45, 2.75) is 32.6 Å². The predicted octanol–water partition coefficient (Wildman–Crippen LogP) is 4.23. The fourth-order valence-electron chi connectivity index (χ4n) is 3.12. The fourth-order valence-corrected chi connectivity index (χ4v) is 3.12. The number of rotatable bonds is 6. The van der Waals surface area contributed by atoms with E-state index in [9.17, 15) is 9.59 Å². The van der Waals surface area contributed by atoms with Gasteiger partial charge in [0.2, 0.25) is 5.91 Å². The summed E-state index contributed by atoms with van der Waals surface area (Å²) in [4.78, 5) is 27.5. The molecular weight excluding hydrogens is 340 g/mol. The Labute approximate surface area is 158 Å². The van der Waals surface area contributed by atoms with Gasteiger partial charge in [0.15, 0.2) is 0 Å². The summed E-state index contributed by atoms with van der Waals surface area (Å²) in [5.74, 6) is 0.941. The molecule has 1 heterocycles. The highest BCUT2D eigenvalue weighted by atomic mass is 16.5. The number of aryl methyl sites for hydroxylation is 1. The van der Waals surface area contributed by atoms with Crippen molar-refractivity contribution in [3.63, 3.8) is 0 Å². The number of benzene rings is 2. The Morgan fingerprint density at radius 1 is 1.15 bits per heavy atom. The Hall–Kier alpha value is -3.08. The number of fused-ring (bicyclic) bond motifs is 1. The Balaban J connectivity index is 1.73. The number of methoxy groups -OCH3 is 1. The lowest BCUT2D eigenvalue weighted by atomic mass is 10.0. The number of pyridine rings is 1. The van der Waals surface area contributed by atoms with Gasteiger partial charge in [-0.05, 0) is 48.2 Å². The minimum Gasteiger partial charge on any atom is -0.497 e. The number of aromatic nitrogens is 1. The van der Waals surface area contributed by atoms with Gasteiger partial charge >= 0.3 is 0 Å². The number of anilines is 1. The van der Waals surface area contributed by atoms with Gasteiger partial charge in [0.1, 0.15) is 5.75 Å². The van der Waals surface area contributed by atoms with Crippen LogP contribution in [0.3, 0.4) is 0 Å². The van der Waals surface area contributed by atoms with Crippen LogP contribution >= 0.6 is 0 Å². The van der Waals surface area contributed by atoms with E-state index in [1.165, 1.54) is 0 Å². The molecule has 0 saturated heterocycles. The van der Waals surface area contributed by atoms with E-state index in [-0.39, 0.29) is 17.9 Å². The molecule has 0 aliphatic heterocycles. The minimum absolute atomic E-state index is 0.103. The first kappa shape index (κ1) is 18.7. The number of ether oxygens (including phenoxy) is 1. The second-order valence-electron chi connectivity index (χ2n) is 6.87. The second-order valence-corrected chi connectivity index (χ2v) is 6.87. The third-order valence-electron chi connectivity index (χ3n) is 4.61. The number of carbonyl (C=O) groups excluding carboxylic acids is 1. The van der Waals surface area contributed by atoms with Crippen LogP contribution in [0.4, 0.5) is 5.69 Å². The molecule has 0 fully saturated rings. The standard InChI is InChI=1S/C22H24N2O3/c1-14(2)18-6-4-5-7-20(18)23-21(25)11-8-15-12-16-13-17(27-3)9-10-19(16)24-22(15)26/h4-7,9-10,12-14H,8,11H2,1-3H3,(H,23,25)(H,24,26). The van der Waals surface area contributed by atoms with Crippen molar-refractivity contribution in [3.05, 3.63) is 70.0 Å². The highest BCUT2D eigenvalue weighted by Crippen LogP contribution is 2.24. The Morgan fingerprint density at radius 3 is 2.67 bits per heavy atom. The van der Waals surface area contributed by atoms with Crippen LogP contribution in [-0.2, 0) is 11.2 Å². The molecular formula is C22H24N2O3. The molecule has 1 aromatic heterocycles. The molecule has 2 N–H and O–H groups in total. The molecule has 0 aliphatic carbocycles. The van der Waals surface area contributed by atoms with Gasteiger partial charge in [-0.2, -0.15) is 0 Å². The van der Waals surface area contributed by atoms with Gasteiger partial charge in [-0.15, -0.1) is 0 Å². The average molecular weight is 364 g/mol. The van der Waals surface area contributed by atoms with E-state index >= 15 is 0 Å². The number of H-pyrrole nitrogens is 1. The zero-order chi connectivity index (χ0) is 19.4. The number of para-hydroxylation sites is 1. The normalized spacial score (nSPS) is 11.0. The van der Waals surface area contributed by atoms with Gasteiger partial charge in [0.05, 0.1) is 7.11 Å². The van der Waals surface area contributed by atoms with Crippen molar-refractivity contribution in [1.29, 1.82) is 0 Å². The monoisotopic (exact) mass is 364 g/mol. The summed E-state index contributed by atoms with van der Waals surface area (Å²) in [6, 6.07) is 15.1. The van der Waals surface area contributed by atoms with Gasteiger partial charge in [0.25, 0.3) is 5.56 Å². The summed E-state index contributed by atoms with van der Waals surface area (Å²) in [5.41, 5.74) is 3.10. The van der Waals surface area contributed by atoms with Gasteiger partial charge in [0, 0.05) is 28.6 Å².